The number of aromatic nitrogens is 2. The van der Waals surface area contributed by atoms with Crippen molar-refractivity contribution < 1.29 is 0 Å². The molecular formula is C13H21N3. The van der Waals surface area contributed by atoms with Gasteiger partial charge in [0.05, 0.1) is 11.7 Å². The summed E-state index contributed by atoms with van der Waals surface area (Å²) in [6.07, 6.45) is 8.06. The van der Waals surface area contributed by atoms with E-state index in [9.17, 15) is 0 Å². The second-order valence-corrected chi connectivity index (χ2v) is 5.28. The largest absolute Gasteiger partial charge is 0.309 e. The van der Waals surface area contributed by atoms with Crippen LogP contribution < -0.4 is 5.32 Å². The van der Waals surface area contributed by atoms with Crippen molar-refractivity contribution in [3.63, 3.8) is 0 Å². The Morgan fingerprint density at radius 3 is 2.62 bits per heavy atom. The summed E-state index contributed by atoms with van der Waals surface area (Å²) in [5.41, 5.74) is 4.16. The number of nitrogens with zero attached hydrogens (tertiary/aromatic N) is 1. The Hall–Kier alpha value is -0.830. The van der Waals surface area contributed by atoms with E-state index in [4.69, 9.17) is 0 Å². The van der Waals surface area contributed by atoms with E-state index in [1.165, 1.54) is 55.5 Å². The molecule has 1 atom stereocenters. The van der Waals surface area contributed by atoms with Gasteiger partial charge in [-0.05, 0) is 45.1 Å². The van der Waals surface area contributed by atoms with Crippen molar-refractivity contribution in [1.29, 1.82) is 0 Å². The first kappa shape index (κ1) is 10.3. The zero-order valence-electron chi connectivity index (χ0n) is 10.1. The summed E-state index contributed by atoms with van der Waals surface area (Å²) in [5.74, 6) is 0.774. The smallest absolute Gasteiger partial charge is 0.0828 e. The van der Waals surface area contributed by atoms with Crippen molar-refractivity contribution in [3.05, 3.63) is 17.0 Å². The molecule has 1 aliphatic carbocycles. The quantitative estimate of drug-likeness (QED) is 0.803. The second-order valence-electron chi connectivity index (χ2n) is 5.28. The molecule has 0 spiro atoms. The SMILES string of the molecule is Cc1[nH]nc(C2CCCN2)c1C1CCCC1. The molecule has 2 aliphatic rings. The molecule has 0 aromatic carbocycles. The van der Waals surface area contributed by atoms with Crippen molar-refractivity contribution >= 4 is 0 Å². The van der Waals surface area contributed by atoms with E-state index >= 15 is 0 Å². The monoisotopic (exact) mass is 219 g/mol. The minimum Gasteiger partial charge on any atom is -0.309 e. The van der Waals surface area contributed by atoms with Crippen LogP contribution >= 0.6 is 0 Å². The molecule has 3 heteroatoms. The van der Waals surface area contributed by atoms with E-state index < -0.39 is 0 Å². The van der Waals surface area contributed by atoms with Crippen LogP contribution in [-0.4, -0.2) is 16.7 Å². The lowest BCUT2D eigenvalue weighted by molar-refractivity contribution is 0.603. The molecule has 1 aromatic heterocycles. The number of H-pyrrole nitrogens is 1. The van der Waals surface area contributed by atoms with E-state index in [-0.39, 0.29) is 0 Å². The fraction of sp³-hybridized carbons (Fsp3) is 0.769. The highest BCUT2D eigenvalue weighted by Crippen LogP contribution is 2.39. The number of nitrogens with one attached hydrogen (secondary N) is 2. The Bertz CT molecular complexity index is 357. The molecule has 3 nitrogen and oxygen atoms in total. The van der Waals surface area contributed by atoms with Gasteiger partial charge in [0.15, 0.2) is 0 Å². The lowest BCUT2D eigenvalue weighted by atomic mass is 9.92. The molecule has 88 valence electrons. The number of rotatable bonds is 2. The van der Waals surface area contributed by atoms with Gasteiger partial charge in [-0.15, -0.1) is 0 Å². The first-order valence-corrected chi connectivity index (χ1v) is 6.64. The van der Waals surface area contributed by atoms with Crippen LogP contribution in [0.3, 0.4) is 0 Å². The highest BCUT2D eigenvalue weighted by Gasteiger charge is 2.28. The van der Waals surface area contributed by atoms with Crippen LogP contribution in [0.25, 0.3) is 0 Å². The fourth-order valence-electron chi connectivity index (χ4n) is 3.37. The molecule has 2 N–H and O–H groups in total. The molecule has 2 heterocycles. The van der Waals surface area contributed by atoms with Crippen molar-refractivity contribution in [2.24, 2.45) is 0 Å². The van der Waals surface area contributed by atoms with Gasteiger partial charge in [-0.3, -0.25) is 5.10 Å². The summed E-state index contributed by atoms with van der Waals surface area (Å²) in [6, 6.07) is 0.514. The number of aryl methyl sites for hydroxylation is 1. The van der Waals surface area contributed by atoms with Gasteiger partial charge in [0.2, 0.25) is 0 Å². The van der Waals surface area contributed by atoms with Crippen molar-refractivity contribution in [2.75, 3.05) is 6.54 Å². The first-order valence-electron chi connectivity index (χ1n) is 6.64. The number of aromatic amines is 1. The summed E-state index contributed by atoms with van der Waals surface area (Å²) in [6.45, 7) is 3.33. The van der Waals surface area contributed by atoms with Crippen LogP contribution in [0, 0.1) is 6.92 Å². The van der Waals surface area contributed by atoms with Crippen LogP contribution in [0.5, 0.6) is 0 Å². The molecule has 3 rings (SSSR count). The fourth-order valence-corrected chi connectivity index (χ4v) is 3.37. The zero-order chi connectivity index (χ0) is 11.0. The molecule has 1 saturated heterocycles. The molecule has 1 aliphatic heterocycles. The maximum Gasteiger partial charge on any atom is 0.0828 e. The average Bonchev–Trinajstić information content (AvgIpc) is 2.96. The van der Waals surface area contributed by atoms with Gasteiger partial charge in [0, 0.05) is 11.3 Å². The maximum atomic E-state index is 4.55. The predicted molar refractivity (Wildman–Crippen MR) is 64.5 cm³/mol. The topological polar surface area (TPSA) is 40.7 Å². The van der Waals surface area contributed by atoms with Crippen LogP contribution in [0.4, 0.5) is 0 Å². The Balaban J connectivity index is 1.91. The number of hydrogen-bond donors (Lipinski definition) is 2. The maximum absolute atomic E-state index is 4.55. The van der Waals surface area contributed by atoms with E-state index in [2.05, 4.69) is 22.4 Å². The molecular weight excluding hydrogens is 198 g/mol. The minimum atomic E-state index is 0.514. The predicted octanol–water partition coefficient (Wildman–Crippen LogP) is 2.80. The first-order chi connectivity index (χ1) is 7.86. The molecule has 2 fully saturated rings. The van der Waals surface area contributed by atoms with Crippen molar-refractivity contribution in [3.8, 4) is 0 Å². The molecule has 0 bridgehead atoms. The van der Waals surface area contributed by atoms with Gasteiger partial charge in [0.1, 0.15) is 0 Å². The second kappa shape index (κ2) is 4.21. The van der Waals surface area contributed by atoms with Gasteiger partial charge in [0.25, 0.3) is 0 Å². The van der Waals surface area contributed by atoms with Crippen LogP contribution in [-0.2, 0) is 0 Å². The Morgan fingerprint density at radius 1 is 1.12 bits per heavy atom. The molecule has 0 amide bonds. The lowest BCUT2D eigenvalue weighted by Gasteiger charge is -2.15. The molecule has 0 radical (unpaired) electrons. The van der Waals surface area contributed by atoms with Crippen LogP contribution in [0.15, 0.2) is 0 Å². The Kier molecular flexibility index (Phi) is 2.72. The molecule has 1 unspecified atom stereocenters. The van der Waals surface area contributed by atoms with E-state index in [1.54, 1.807) is 0 Å². The highest BCUT2D eigenvalue weighted by molar-refractivity contribution is 5.32. The summed E-state index contributed by atoms with van der Waals surface area (Å²) in [5, 5.41) is 11.3. The van der Waals surface area contributed by atoms with Gasteiger partial charge < -0.3 is 5.32 Å². The standard InChI is InChI=1S/C13H21N3/c1-9-12(10-5-2-3-6-10)13(16-15-9)11-7-4-8-14-11/h10-11,14H,2-8H2,1H3,(H,15,16). The highest BCUT2D eigenvalue weighted by atomic mass is 15.1. The van der Waals surface area contributed by atoms with Gasteiger partial charge in [-0.25, -0.2) is 0 Å². The summed E-state index contributed by atoms with van der Waals surface area (Å²) in [4.78, 5) is 0. The van der Waals surface area contributed by atoms with Gasteiger partial charge in [-0.2, -0.15) is 5.10 Å². The van der Waals surface area contributed by atoms with Gasteiger partial charge in [-0.1, -0.05) is 12.8 Å². The average molecular weight is 219 g/mol. The normalized spacial score (nSPS) is 26.7. The van der Waals surface area contributed by atoms with Crippen molar-refractivity contribution in [1.82, 2.24) is 15.5 Å². The van der Waals surface area contributed by atoms with E-state index in [0.717, 1.165) is 12.5 Å². The van der Waals surface area contributed by atoms with Crippen molar-refractivity contribution in [2.45, 2.75) is 57.4 Å². The number of hydrogen-bond acceptors (Lipinski definition) is 2. The third-order valence-electron chi connectivity index (χ3n) is 4.18. The third kappa shape index (κ3) is 1.67. The summed E-state index contributed by atoms with van der Waals surface area (Å²) < 4.78 is 0. The summed E-state index contributed by atoms with van der Waals surface area (Å²) in [7, 11) is 0. The lowest BCUT2D eigenvalue weighted by Crippen LogP contribution is -2.15. The molecule has 16 heavy (non-hydrogen) atoms. The Labute approximate surface area is 97.0 Å². The molecule has 1 aromatic rings. The van der Waals surface area contributed by atoms with Gasteiger partial charge >= 0.3 is 0 Å². The Morgan fingerprint density at radius 2 is 1.94 bits per heavy atom. The summed E-state index contributed by atoms with van der Waals surface area (Å²) >= 11 is 0. The minimum absolute atomic E-state index is 0.514. The third-order valence-corrected chi connectivity index (χ3v) is 4.18. The van der Waals surface area contributed by atoms with E-state index in [0.29, 0.717) is 6.04 Å². The van der Waals surface area contributed by atoms with E-state index in [1.807, 2.05) is 0 Å². The van der Waals surface area contributed by atoms with Crippen LogP contribution in [0.2, 0.25) is 0 Å². The van der Waals surface area contributed by atoms with Crippen LogP contribution in [0.1, 0.15) is 67.4 Å². The zero-order valence-corrected chi connectivity index (χ0v) is 10.1. The molecule has 1 saturated carbocycles.